The van der Waals surface area contributed by atoms with E-state index in [-0.39, 0.29) is 36.2 Å². The lowest BCUT2D eigenvalue weighted by Gasteiger charge is -2.35. The fourth-order valence-corrected chi connectivity index (χ4v) is 3.69. The van der Waals surface area contributed by atoms with Crippen LogP contribution in [0.15, 0.2) is 41.5 Å². The average molecular weight is 512 g/mol. The number of ether oxygens (including phenoxy) is 1. The Bertz CT molecular complexity index is 783. The fraction of sp³-hybridized carbons (Fsp3) is 0.524. The predicted octanol–water partition coefficient (Wildman–Crippen LogP) is 2.51. The molecular weight excluding hydrogens is 479 g/mol. The highest BCUT2D eigenvalue weighted by Gasteiger charge is 2.22. The lowest BCUT2D eigenvalue weighted by molar-refractivity contribution is -0.0705. The van der Waals surface area contributed by atoms with E-state index in [9.17, 15) is 0 Å². The van der Waals surface area contributed by atoms with Gasteiger partial charge in [0.1, 0.15) is 0 Å². The summed E-state index contributed by atoms with van der Waals surface area (Å²) in [4.78, 5) is 6.81. The van der Waals surface area contributed by atoms with Crippen molar-refractivity contribution in [2.24, 2.45) is 12.0 Å². The van der Waals surface area contributed by atoms with Gasteiger partial charge in [-0.3, -0.25) is 14.6 Å². The van der Waals surface area contributed by atoms with E-state index < -0.39 is 0 Å². The molecule has 1 aliphatic rings. The molecule has 0 radical (unpaired) electrons. The third-order valence-electron chi connectivity index (χ3n) is 5.04. The molecule has 1 aromatic heterocycles. The Balaban J connectivity index is 0.00000300. The van der Waals surface area contributed by atoms with Gasteiger partial charge < -0.3 is 15.4 Å². The van der Waals surface area contributed by atoms with Crippen molar-refractivity contribution in [3.05, 3.63) is 53.3 Å². The second-order valence-electron chi connectivity index (χ2n) is 7.45. The molecule has 8 heteroatoms. The number of aliphatic imine (C=N–C) groups is 1. The van der Waals surface area contributed by atoms with Crippen molar-refractivity contribution < 1.29 is 4.74 Å². The number of rotatable bonds is 6. The van der Waals surface area contributed by atoms with Gasteiger partial charge in [-0.15, -0.1) is 24.0 Å². The van der Waals surface area contributed by atoms with E-state index in [2.05, 4.69) is 63.7 Å². The van der Waals surface area contributed by atoms with Crippen molar-refractivity contribution >= 4 is 29.9 Å². The van der Waals surface area contributed by atoms with Crippen LogP contribution in [0, 0.1) is 0 Å². The van der Waals surface area contributed by atoms with Crippen LogP contribution < -0.4 is 10.6 Å². The average Bonchev–Trinajstić information content (AvgIpc) is 3.07. The Morgan fingerprint density at radius 2 is 1.76 bits per heavy atom. The number of nitrogens with one attached hydrogen (secondary N) is 2. The molecule has 1 fully saturated rings. The fourth-order valence-electron chi connectivity index (χ4n) is 3.69. The number of hydrogen-bond donors (Lipinski definition) is 2. The number of nitrogens with zero attached hydrogens (tertiary/aromatic N) is 4. The lowest BCUT2D eigenvalue weighted by atomic mass is 10.1. The molecule has 2 N–H and O–H groups in total. The van der Waals surface area contributed by atoms with Crippen LogP contribution in [0.25, 0.3) is 0 Å². The predicted molar refractivity (Wildman–Crippen MR) is 127 cm³/mol. The smallest absolute Gasteiger partial charge is 0.191 e. The van der Waals surface area contributed by atoms with Gasteiger partial charge in [0.15, 0.2) is 5.96 Å². The third kappa shape index (κ3) is 6.97. The molecule has 1 aromatic carbocycles. The monoisotopic (exact) mass is 512 g/mol. The summed E-state index contributed by atoms with van der Waals surface area (Å²) in [6.07, 6.45) is 2.37. The SMILES string of the molecule is CN=C(NCc1ccccc1CN1CC(C)OC(C)C1)NCc1ccnn1C.I. The maximum atomic E-state index is 5.86. The Morgan fingerprint density at radius 1 is 1.10 bits per heavy atom. The number of aromatic nitrogens is 2. The summed E-state index contributed by atoms with van der Waals surface area (Å²) in [7, 11) is 3.73. The van der Waals surface area contributed by atoms with E-state index in [1.54, 1.807) is 13.2 Å². The molecule has 7 nitrogen and oxygen atoms in total. The summed E-state index contributed by atoms with van der Waals surface area (Å²) in [6.45, 7) is 8.59. The minimum Gasteiger partial charge on any atom is -0.373 e. The Kier molecular flexibility index (Phi) is 9.38. The van der Waals surface area contributed by atoms with Crippen molar-refractivity contribution in [2.75, 3.05) is 20.1 Å². The van der Waals surface area contributed by atoms with Gasteiger partial charge in [-0.25, -0.2) is 0 Å². The summed E-state index contributed by atoms with van der Waals surface area (Å²) < 4.78 is 7.72. The van der Waals surface area contributed by atoms with Gasteiger partial charge >= 0.3 is 0 Å². The van der Waals surface area contributed by atoms with Gasteiger partial charge in [-0.1, -0.05) is 24.3 Å². The molecule has 0 amide bonds. The molecule has 160 valence electrons. The van der Waals surface area contributed by atoms with Crippen molar-refractivity contribution in [3.63, 3.8) is 0 Å². The molecule has 2 heterocycles. The molecule has 0 bridgehead atoms. The van der Waals surface area contributed by atoms with Gasteiger partial charge in [0.05, 0.1) is 24.4 Å². The van der Waals surface area contributed by atoms with E-state index in [1.165, 1.54) is 11.1 Å². The van der Waals surface area contributed by atoms with Gasteiger partial charge in [-0.2, -0.15) is 5.10 Å². The van der Waals surface area contributed by atoms with E-state index in [4.69, 9.17) is 4.74 Å². The largest absolute Gasteiger partial charge is 0.373 e. The topological polar surface area (TPSA) is 66.7 Å². The molecule has 2 atom stereocenters. The van der Waals surface area contributed by atoms with Crippen molar-refractivity contribution in [2.45, 2.75) is 45.7 Å². The van der Waals surface area contributed by atoms with Crippen molar-refractivity contribution in [1.29, 1.82) is 0 Å². The molecular formula is C21H33IN6O. The summed E-state index contributed by atoms with van der Waals surface area (Å²) in [5.74, 6) is 0.782. The van der Waals surface area contributed by atoms with Crippen molar-refractivity contribution in [3.8, 4) is 0 Å². The second kappa shape index (κ2) is 11.5. The van der Waals surface area contributed by atoms with Crippen molar-refractivity contribution in [1.82, 2.24) is 25.3 Å². The Labute approximate surface area is 190 Å². The highest BCUT2D eigenvalue weighted by Crippen LogP contribution is 2.17. The van der Waals surface area contributed by atoms with Crippen LogP contribution in [0.1, 0.15) is 30.7 Å². The highest BCUT2D eigenvalue weighted by atomic mass is 127. The third-order valence-corrected chi connectivity index (χ3v) is 5.04. The van der Waals surface area contributed by atoms with Gasteiger partial charge in [0, 0.05) is 46.5 Å². The first-order valence-corrected chi connectivity index (χ1v) is 9.91. The molecule has 1 aliphatic heterocycles. The van der Waals surface area contributed by atoms with Crippen LogP contribution in [-0.2, 0) is 31.4 Å². The van der Waals surface area contributed by atoms with Crippen LogP contribution in [0.4, 0.5) is 0 Å². The van der Waals surface area contributed by atoms with Crippen LogP contribution in [0.3, 0.4) is 0 Å². The number of hydrogen-bond acceptors (Lipinski definition) is 4. The van der Waals surface area contributed by atoms with E-state index >= 15 is 0 Å². The van der Waals surface area contributed by atoms with Gasteiger partial charge in [-0.05, 0) is 31.0 Å². The highest BCUT2D eigenvalue weighted by molar-refractivity contribution is 14.0. The second-order valence-corrected chi connectivity index (χ2v) is 7.45. The van der Waals surface area contributed by atoms with Crippen LogP contribution in [0.2, 0.25) is 0 Å². The van der Waals surface area contributed by atoms with Gasteiger partial charge in [0.2, 0.25) is 0 Å². The molecule has 0 aliphatic carbocycles. The van der Waals surface area contributed by atoms with Crippen LogP contribution in [-0.4, -0.2) is 53.0 Å². The molecule has 29 heavy (non-hydrogen) atoms. The van der Waals surface area contributed by atoms with E-state index in [1.807, 2.05) is 17.8 Å². The maximum Gasteiger partial charge on any atom is 0.191 e. The first kappa shape index (κ1) is 23.6. The number of morpholine rings is 1. The Hall–Kier alpha value is -1.65. The molecule has 0 spiro atoms. The zero-order valence-corrected chi connectivity index (χ0v) is 20.1. The Morgan fingerprint density at radius 3 is 2.38 bits per heavy atom. The standard InChI is InChI=1S/C21H32N6O.HI/c1-16-13-27(14-17(2)28-16)15-19-8-6-5-7-18(19)11-23-21(22-3)24-12-20-9-10-25-26(20)4;/h5-10,16-17H,11-15H2,1-4H3,(H2,22,23,24);1H. The molecule has 2 unspecified atom stereocenters. The lowest BCUT2D eigenvalue weighted by Crippen LogP contribution is -2.45. The van der Waals surface area contributed by atoms with Gasteiger partial charge in [0.25, 0.3) is 0 Å². The van der Waals surface area contributed by atoms with Crippen LogP contribution >= 0.6 is 24.0 Å². The summed E-state index contributed by atoms with van der Waals surface area (Å²) in [5, 5.41) is 11.0. The number of halogens is 1. The number of guanidine groups is 1. The zero-order chi connectivity index (χ0) is 19.9. The molecule has 0 saturated carbocycles. The summed E-state index contributed by atoms with van der Waals surface area (Å²) >= 11 is 0. The quantitative estimate of drug-likeness (QED) is 0.354. The zero-order valence-electron chi connectivity index (χ0n) is 17.8. The number of benzene rings is 1. The normalized spacial score (nSPS) is 20.2. The number of aryl methyl sites for hydroxylation is 1. The minimum absolute atomic E-state index is 0. The summed E-state index contributed by atoms with van der Waals surface area (Å²) in [6, 6.07) is 10.6. The first-order chi connectivity index (χ1) is 13.5. The minimum atomic E-state index is 0. The van der Waals surface area contributed by atoms with E-state index in [0.717, 1.165) is 37.8 Å². The molecule has 3 rings (SSSR count). The van der Waals surface area contributed by atoms with E-state index in [0.29, 0.717) is 6.54 Å². The molecule has 1 saturated heterocycles. The maximum absolute atomic E-state index is 5.86. The first-order valence-electron chi connectivity index (χ1n) is 9.91. The van der Waals surface area contributed by atoms with Crippen LogP contribution in [0.5, 0.6) is 0 Å². The summed E-state index contributed by atoms with van der Waals surface area (Å²) in [5.41, 5.74) is 3.75. The molecule has 2 aromatic rings.